The molecule has 1 atom stereocenters. The summed E-state index contributed by atoms with van der Waals surface area (Å²) in [7, 11) is -1.98. The van der Waals surface area contributed by atoms with E-state index in [0.29, 0.717) is 11.3 Å². The number of aliphatic hydroxyl groups excluding tert-OH is 1. The van der Waals surface area contributed by atoms with Crippen LogP contribution in [0.3, 0.4) is 0 Å². The Hall–Kier alpha value is -1.11. The highest BCUT2D eigenvalue weighted by molar-refractivity contribution is 7.85. The van der Waals surface area contributed by atoms with Crippen molar-refractivity contribution in [3.63, 3.8) is 0 Å². The van der Waals surface area contributed by atoms with E-state index in [9.17, 15) is 13.5 Å². The maximum atomic E-state index is 10.7. The molecule has 6 heteroatoms. The Morgan fingerprint density at radius 1 is 1.31 bits per heavy atom. The number of ether oxygens (including phenoxy) is 1. The van der Waals surface area contributed by atoms with Crippen LogP contribution >= 0.6 is 0 Å². The predicted octanol–water partition coefficient (Wildman–Crippen LogP) is 0.705. The van der Waals surface area contributed by atoms with Crippen LogP contribution in [0.1, 0.15) is 11.7 Å². The molecule has 0 bridgehead atoms. The van der Waals surface area contributed by atoms with Crippen molar-refractivity contribution in [3.05, 3.63) is 29.8 Å². The molecule has 0 spiro atoms. The molecule has 0 aliphatic rings. The lowest BCUT2D eigenvalue weighted by Crippen LogP contribution is -2.11. The minimum absolute atomic E-state index is 0.287. The van der Waals surface area contributed by atoms with Gasteiger partial charge in [0.15, 0.2) is 0 Å². The van der Waals surface area contributed by atoms with Gasteiger partial charge in [0, 0.05) is 0 Å². The number of hydrogen-bond donors (Lipinski definition) is 1. The van der Waals surface area contributed by atoms with E-state index in [-0.39, 0.29) is 6.61 Å². The zero-order valence-corrected chi connectivity index (χ0v) is 9.90. The van der Waals surface area contributed by atoms with Gasteiger partial charge in [-0.1, -0.05) is 12.1 Å². The Morgan fingerprint density at radius 2 is 1.88 bits per heavy atom. The lowest BCUT2D eigenvalue weighted by Gasteiger charge is -2.10. The molecule has 0 radical (unpaired) electrons. The quantitative estimate of drug-likeness (QED) is 0.774. The van der Waals surface area contributed by atoms with Gasteiger partial charge < -0.3 is 9.84 Å². The van der Waals surface area contributed by atoms with Crippen molar-refractivity contribution in [2.45, 2.75) is 6.10 Å². The molecule has 1 aromatic carbocycles. The largest absolute Gasteiger partial charge is 0.497 e. The van der Waals surface area contributed by atoms with Gasteiger partial charge >= 0.3 is 0 Å². The van der Waals surface area contributed by atoms with Crippen LogP contribution in [0, 0.1) is 0 Å². The van der Waals surface area contributed by atoms with E-state index in [4.69, 9.17) is 4.74 Å². The van der Waals surface area contributed by atoms with E-state index in [1.165, 1.54) is 7.11 Å². The molecule has 0 saturated carbocycles. The number of benzene rings is 1. The van der Waals surface area contributed by atoms with E-state index in [0.717, 1.165) is 6.26 Å². The first kappa shape index (κ1) is 13.0. The summed E-state index contributed by atoms with van der Waals surface area (Å²) in [4.78, 5) is 0. The fourth-order valence-electron chi connectivity index (χ4n) is 1.11. The summed E-state index contributed by atoms with van der Waals surface area (Å²) in [6.45, 7) is -0.287. The highest BCUT2D eigenvalue weighted by Crippen LogP contribution is 2.18. The zero-order chi connectivity index (χ0) is 12.2. The summed E-state index contributed by atoms with van der Waals surface area (Å²) >= 11 is 0. The molecule has 1 N–H and O–H groups in total. The minimum Gasteiger partial charge on any atom is -0.497 e. The maximum absolute atomic E-state index is 10.7. The summed E-state index contributed by atoms with van der Waals surface area (Å²) in [6.07, 6.45) is -0.0334. The topological polar surface area (TPSA) is 72.8 Å². The van der Waals surface area contributed by atoms with Gasteiger partial charge in [0.1, 0.15) is 11.9 Å². The summed E-state index contributed by atoms with van der Waals surface area (Å²) in [5.41, 5.74) is 0.574. The Bertz CT molecular complexity index is 423. The van der Waals surface area contributed by atoms with Gasteiger partial charge in [-0.2, -0.15) is 8.42 Å². The van der Waals surface area contributed by atoms with Crippen LogP contribution in [-0.2, 0) is 14.3 Å². The Balaban J connectivity index is 2.62. The van der Waals surface area contributed by atoms with Crippen molar-refractivity contribution in [1.82, 2.24) is 0 Å². The maximum Gasteiger partial charge on any atom is 0.264 e. The van der Waals surface area contributed by atoms with Gasteiger partial charge in [0.25, 0.3) is 10.1 Å². The van der Waals surface area contributed by atoms with Crippen LogP contribution in [-0.4, -0.2) is 33.5 Å². The average molecular weight is 246 g/mol. The third-order valence-corrected chi connectivity index (χ3v) is 2.50. The van der Waals surface area contributed by atoms with Crippen molar-refractivity contribution >= 4 is 10.1 Å². The Labute approximate surface area is 94.7 Å². The molecule has 90 valence electrons. The predicted molar refractivity (Wildman–Crippen MR) is 58.7 cm³/mol. The fraction of sp³-hybridized carbons (Fsp3) is 0.400. The number of rotatable bonds is 5. The summed E-state index contributed by atoms with van der Waals surface area (Å²) in [5, 5.41) is 9.62. The lowest BCUT2D eigenvalue weighted by atomic mass is 10.1. The number of hydrogen-bond acceptors (Lipinski definition) is 5. The van der Waals surface area contributed by atoms with Crippen molar-refractivity contribution in [1.29, 1.82) is 0 Å². The monoisotopic (exact) mass is 246 g/mol. The van der Waals surface area contributed by atoms with E-state index >= 15 is 0 Å². The van der Waals surface area contributed by atoms with Gasteiger partial charge in [-0.05, 0) is 17.7 Å². The van der Waals surface area contributed by atoms with Crippen molar-refractivity contribution in [2.24, 2.45) is 0 Å². The van der Waals surface area contributed by atoms with Gasteiger partial charge in [-0.15, -0.1) is 0 Å². The molecule has 1 rings (SSSR count). The molecule has 16 heavy (non-hydrogen) atoms. The first-order chi connectivity index (χ1) is 7.42. The molecule has 0 fully saturated rings. The summed E-state index contributed by atoms with van der Waals surface area (Å²) in [5.74, 6) is 0.667. The standard InChI is InChI=1S/C10H14O5S/c1-14-9-5-3-8(4-6-9)10(11)7-15-16(2,12)13/h3-6,10-11H,7H2,1-2H3. The van der Waals surface area contributed by atoms with Gasteiger partial charge in [-0.3, -0.25) is 4.18 Å². The highest BCUT2D eigenvalue weighted by Gasteiger charge is 2.11. The average Bonchev–Trinajstić information content (AvgIpc) is 2.25. The van der Waals surface area contributed by atoms with Crippen molar-refractivity contribution in [3.8, 4) is 5.75 Å². The van der Waals surface area contributed by atoms with Gasteiger partial charge in [0.2, 0.25) is 0 Å². The Morgan fingerprint density at radius 3 is 2.31 bits per heavy atom. The molecule has 0 amide bonds. The highest BCUT2D eigenvalue weighted by atomic mass is 32.2. The normalized spacial score (nSPS) is 13.4. The van der Waals surface area contributed by atoms with Gasteiger partial charge in [-0.25, -0.2) is 0 Å². The Kier molecular flexibility index (Phi) is 4.28. The number of aliphatic hydroxyl groups is 1. The van der Waals surface area contributed by atoms with Gasteiger partial charge in [0.05, 0.1) is 20.0 Å². The smallest absolute Gasteiger partial charge is 0.264 e. The molecule has 0 aliphatic heterocycles. The molecule has 1 unspecified atom stereocenters. The molecule has 0 aliphatic carbocycles. The number of methoxy groups -OCH3 is 1. The molecule has 1 aromatic rings. The van der Waals surface area contributed by atoms with Crippen LogP contribution in [0.2, 0.25) is 0 Å². The van der Waals surface area contributed by atoms with Crippen LogP contribution in [0.5, 0.6) is 5.75 Å². The molecular weight excluding hydrogens is 232 g/mol. The van der Waals surface area contributed by atoms with Crippen LogP contribution < -0.4 is 4.74 Å². The zero-order valence-electron chi connectivity index (χ0n) is 9.08. The molecule has 5 nitrogen and oxygen atoms in total. The SMILES string of the molecule is COc1ccc(C(O)COS(C)(=O)=O)cc1. The second-order valence-corrected chi connectivity index (χ2v) is 4.92. The molecule has 0 heterocycles. The van der Waals surface area contributed by atoms with Crippen molar-refractivity contribution < 1.29 is 22.4 Å². The second kappa shape index (κ2) is 5.29. The van der Waals surface area contributed by atoms with Crippen LogP contribution in [0.25, 0.3) is 0 Å². The lowest BCUT2D eigenvalue weighted by molar-refractivity contribution is 0.112. The summed E-state index contributed by atoms with van der Waals surface area (Å²) < 4.78 is 30.9. The van der Waals surface area contributed by atoms with Crippen LogP contribution in [0.15, 0.2) is 24.3 Å². The first-order valence-electron chi connectivity index (χ1n) is 4.59. The minimum atomic E-state index is -3.52. The van der Waals surface area contributed by atoms with Crippen LogP contribution in [0.4, 0.5) is 0 Å². The van der Waals surface area contributed by atoms with Crippen molar-refractivity contribution in [2.75, 3.05) is 20.0 Å². The van der Waals surface area contributed by atoms with E-state index in [2.05, 4.69) is 4.18 Å². The molecular formula is C10H14O5S. The summed E-state index contributed by atoms with van der Waals surface area (Å²) in [6, 6.07) is 6.66. The third kappa shape index (κ3) is 4.18. The van der Waals surface area contributed by atoms with E-state index < -0.39 is 16.2 Å². The molecule has 0 aromatic heterocycles. The molecule has 0 saturated heterocycles. The third-order valence-electron chi connectivity index (χ3n) is 1.94. The second-order valence-electron chi connectivity index (χ2n) is 3.28. The first-order valence-corrected chi connectivity index (χ1v) is 6.40. The van der Waals surface area contributed by atoms with E-state index in [1.54, 1.807) is 24.3 Å². The van der Waals surface area contributed by atoms with E-state index in [1.807, 2.05) is 0 Å². The fourth-order valence-corrected chi connectivity index (χ4v) is 1.49.